The van der Waals surface area contributed by atoms with Crippen LogP contribution in [0.3, 0.4) is 0 Å². The lowest BCUT2D eigenvalue weighted by molar-refractivity contribution is 0.0696. The van der Waals surface area contributed by atoms with Crippen LogP contribution in [0, 0.1) is 6.92 Å². The number of benzene rings is 1. The van der Waals surface area contributed by atoms with Crippen molar-refractivity contribution >= 4 is 5.97 Å². The molecule has 2 rings (SSSR count). The van der Waals surface area contributed by atoms with Crippen molar-refractivity contribution in [3.63, 3.8) is 0 Å². The van der Waals surface area contributed by atoms with E-state index in [-0.39, 0.29) is 5.56 Å². The number of methoxy groups -OCH3 is 1. The molecule has 2 aromatic rings. The number of aromatic carboxylic acids is 1. The number of hydrogen-bond donors (Lipinski definition) is 2. The molecule has 1 heterocycles. The predicted molar refractivity (Wildman–Crippen MR) is 60.1 cm³/mol. The number of hydrogen-bond acceptors (Lipinski definition) is 4. The smallest absolute Gasteiger partial charge is 0.335 e. The second-order valence-corrected chi connectivity index (χ2v) is 3.47. The molecule has 2 N–H and O–H groups in total. The zero-order valence-electron chi connectivity index (χ0n) is 9.39. The normalized spacial score (nSPS) is 10.2. The number of nitrogens with zero attached hydrogens (tertiary/aromatic N) is 2. The van der Waals surface area contributed by atoms with Crippen molar-refractivity contribution in [2.75, 3.05) is 7.11 Å². The second kappa shape index (κ2) is 4.25. The molecule has 88 valence electrons. The monoisotopic (exact) mass is 233 g/mol. The zero-order chi connectivity index (χ0) is 12.4. The molecule has 0 unspecified atom stereocenters. The molecule has 0 aliphatic heterocycles. The van der Waals surface area contributed by atoms with E-state index in [0.29, 0.717) is 23.0 Å². The van der Waals surface area contributed by atoms with E-state index in [9.17, 15) is 4.79 Å². The molecule has 0 aliphatic rings. The Bertz CT molecular complexity index is 563. The summed E-state index contributed by atoms with van der Waals surface area (Å²) in [5, 5.41) is 16.7. The van der Waals surface area contributed by atoms with E-state index in [1.807, 2.05) is 0 Å². The molecule has 0 saturated heterocycles. The van der Waals surface area contributed by atoms with Gasteiger partial charge in [-0.25, -0.2) is 4.79 Å². The summed E-state index contributed by atoms with van der Waals surface area (Å²) in [4.78, 5) is 13.8. The van der Waals surface area contributed by atoms with E-state index < -0.39 is 5.97 Å². The number of H-pyrrole nitrogens is 1. The molecular formula is C11H11N3O3. The summed E-state index contributed by atoms with van der Waals surface area (Å²) in [5.41, 5.74) is 1.58. The van der Waals surface area contributed by atoms with Gasteiger partial charge >= 0.3 is 12.0 Å². The first-order valence-electron chi connectivity index (χ1n) is 4.93. The van der Waals surface area contributed by atoms with Crippen LogP contribution >= 0.6 is 0 Å². The zero-order valence-corrected chi connectivity index (χ0v) is 9.39. The molecule has 1 aromatic carbocycles. The van der Waals surface area contributed by atoms with E-state index in [1.165, 1.54) is 7.11 Å². The van der Waals surface area contributed by atoms with Crippen LogP contribution in [0.2, 0.25) is 0 Å². The Morgan fingerprint density at radius 2 is 2.18 bits per heavy atom. The third kappa shape index (κ3) is 1.96. The summed E-state index contributed by atoms with van der Waals surface area (Å²) in [5.74, 6) is -0.474. The highest BCUT2D eigenvalue weighted by Gasteiger charge is 2.14. The molecule has 0 bridgehead atoms. The van der Waals surface area contributed by atoms with Crippen molar-refractivity contribution < 1.29 is 14.6 Å². The average Bonchev–Trinajstić information content (AvgIpc) is 2.77. The van der Waals surface area contributed by atoms with Crippen molar-refractivity contribution in [3.8, 4) is 17.4 Å². The quantitative estimate of drug-likeness (QED) is 0.838. The predicted octanol–water partition coefficient (Wildman–Crippen LogP) is 1.49. The number of carboxylic acid groups (broad SMARTS) is 1. The SMILES string of the molecule is COc1nnc(-c2cccc(C(=O)O)c2C)[nH]1. The number of carboxylic acids is 1. The molecule has 0 fully saturated rings. The molecule has 0 saturated carbocycles. The van der Waals surface area contributed by atoms with Gasteiger partial charge in [0.15, 0.2) is 5.82 Å². The van der Waals surface area contributed by atoms with Crippen LogP contribution in [0.5, 0.6) is 6.01 Å². The maximum atomic E-state index is 11.0. The molecule has 0 atom stereocenters. The highest BCUT2D eigenvalue weighted by molar-refractivity contribution is 5.91. The van der Waals surface area contributed by atoms with Gasteiger partial charge in [-0.3, -0.25) is 4.98 Å². The van der Waals surface area contributed by atoms with Gasteiger partial charge in [0.2, 0.25) is 0 Å². The minimum absolute atomic E-state index is 0.248. The molecular weight excluding hydrogens is 222 g/mol. The van der Waals surface area contributed by atoms with Gasteiger partial charge in [-0.2, -0.15) is 0 Å². The van der Waals surface area contributed by atoms with E-state index in [4.69, 9.17) is 9.84 Å². The fourth-order valence-corrected chi connectivity index (χ4v) is 1.58. The first-order chi connectivity index (χ1) is 8.13. The van der Waals surface area contributed by atoms with E-state index >= 15 is 0 Å². The van der Waals surface area contributed by atoms with Crippen molar-refractivity contribution in [2.24, 2.45) is 0 Å². The molecule has 6 nitrogen and oxygen atoms in total. The lowest BCUT2D eigenvalue weighted by Crippen LogP contribution is -2.01. The fourth-order valence-electron chi connectivity index (χ4n) is 1.58. The number of nitrogens with one attached hydrogen (secondary N) is 1. The van der Waals surface area contributed by atoms with Crippen LogP contribution in [0.4, 0.5) is 0 Å². The van der Waals surface area contributed by atoms with E-state index in [0.717, 1.165) is 0 Å². The Labute approximate surface area is 97.3 Å². The van der Waals surface area contributed by atoms with Crippen LogP contribution in [0.15, 0.2) is 18.2 Å². The minimum Gasteiger partial charge on any atom is -0.478 e. The Morgan fingerprint density at radius 1 is 1.41 bits per heavy atom. The van der Waals surface area contributed by atoms with Crippen LogP contribution in [-0.2, 0) is 0 Å². The molecule has 0 radical (unpaired) electrons. The Morgan fingerprint density at radius 3 is 2.76 bits per heavy atom. The maximum absolute atomic E-state index is 11.0. The number of rotatable bonds is 3. The summed E-state index contributed by atoms with van der Waals surface area (Å²) in [7, 11) is 1.48. The Balaban J connectivity index is 2.52. The summed E-state index contributed by atoms with van der Waals surface area (Å²) in [6.45, 7) is 1.73. The summed E-state index contributed by atoms with van der Waals surface area (Å²) in [6, 6.07) is 5.29. The Hall–Kier alpha value is -2.37. The summed E-state index contributed by atoms with van der Waals surface area (Å²) < 4.78 is 4.89. The van der Waals surface area contributed by atoms with Crippen molar-refractivity contribution in [2.45, 2.75) is 6.92 Å². The average molecular weight is 233 g/mol. The van der Waals surface area contributed by atoms with Crippen LogP contribution in [0.25, 0.3) is 11.4 Å². The van der Waals surface area contributed by atoms with E-state index in [2.05, 4.69) is 15.2 Å². The highest BCUT2D eigenvalue weighted by Crippen LogP contribution is 2.23. The van der Waals surface area contributed by atoms with Gasteiger partial charge in [-0.05, 0) is 18.6 Å². The number of ether oxygens (including phenoxy) is 1. The van der Waals surface area contributed by atoms with Gasteiger partial charge in [0.05, 0.1) is 12.7 Å². The first-order valence-corrected chi connectivity index (χ1v) is 4.93. The largest absolute Gasteiger partial charge is 0.478 e. The molecule has 1 aromatic heterocycles. The summed E-state index contributed by atoms with van der Waals surface area (Å²) in [6.07, 6.45) is 0. The number of carbonyl (C=O) groups is 1. The van der Waals surface area contributed by atoms with Gasteiger partial charge in [-0.15, -0.1) is 5.10 Å². The van der Waals surface area contributed by atoms with Gasteiger partial charge in [0.1, 0.15) is 0 Å². The van der Waals surface area contributed by atoms with E-state index in [1.54, 1.807) is 25.1 Å². The van der Waals surface area contributed by atoms with Crippen molar-refractivity contribution in [1.82, 2.24) is 15.2 Å². The molecule has 6 heteroatoms. The van der Waals surface area contributed by atoms with Crippen molar-refractivity contribution in [1.29, 1.82) is 0 Å². The molecule has 0 amide bonds. The minimum atomic E-state index is -0.962. The first kappa shape index (κ1) is 11.1. The third-order valence-electron chi connectivity index (χ3n) is 2.48. The fraction of sp³-hybridized carbons (Fsp3) is 0.182. The third-order valence-corrected chi connectivity index (χ3v) is 2.48. The number of aromatic nitrogens is 3. The van der Waals surface area contributed by atoms with Gasteiger partial charge in [-0.1, -0.05) is 17.2 Å². The maximum Gasteiger partial charge on any atom is 0.335 e. The molecule has 0 aliphatic carbocycles. The lowest BCUT2D eigenvalue weighted by Gasteiger charge is -2.05. The van der Waals surface area contributed by atoms with Gasteiger partial charge in [0, 0.05) is 5.56 Å². The molecule has 0 spiro atoms. The van der Waals surface area contributed by atoms with Crippen LogP contribution in [-0.4, -0.2) is 33.4 Å². The topological polar surface area (TPSA) is 88.1 Å². The van der Waals surface area contributed by atoms with Gasteiger partial charge < -0.3 is 9.84 Å². The van der Waals surface area contributed by atoms with Crippen LogP contribution in [0.1, 0.15) is 15.9 Å². The second-order valence-electron chi connectivity index (χ2n) is 3.47. The Kier molecular flexibility index (Phi) is 2.78. The lowest BCUT2D eigenvalue weighted by atomic mass is 10.0. The summed E-state index contributed by atoms with van der Waals surface area (Å²) >= 11 is 0. The standard InChI is InChI=1S/C11H11N3O3/c1-6-7(4-3-5-8(6)10(15)16)9-12-11(17-2)14-13-9/h3-5H,1-2H3,(H,15,16)(H,12,13,14). The number of aromatic amines is 1. The molecule has 17 heavy (non-hydrogen) atoms. The van der Waals surface area contributed by atoms with Crippen LogP contribution < -0.4 is 4.74 Å². The highest BCUT2D eigenvalue weighted by atomic mass is 16.5. The van der Waals surface area contributed by atoms with Gasteiger partial charge in [0.25, 0.3) is 0 Å². The van der Waals surface area contributed by atoms with Crippen molar-refractivity contribution in [3.05, 3.63) is 29.3 Å².